The molecule has 0 bridgehead atoms. The molecule has 2 heterocycles. The summed E-state index contributed by atoms with van der Waals surface area (Å²) in [5.74, 6) is 0.523. The summed E-state index contributed by atoms with van der Waals surface area (Å²) in [7, 11) is 0. The molecule has 2 N–H and O–H groups in total. The molecule has 2 rings (SSSR count). The van der Waals surface area contributed by atoms with E-state index in [0.717, 1.165) is 6.54 Å². The Morgan fingerprint density at radius 1 is 1.67 bits per heavy atom. The Bertz CT molecular complexity index is 164. The van der Waals surface area contributed by atoms with Crippen molar-refractivity contribution in [3.63, 3.8) is 0 Å². The molecular weight excluding hydrogens is 138 g/mol. The van der Waals surface area contributed by atoms with E-state index in [-0.39, 0.29) is 12.4 Å². The van der Waals surface area contributed by atoms with Crippen molar-refractivity contribution in [3.8, 4) is 0 Å². The van der Waals surface area contributed by atoms with Crippen LogP contribution in [0.4, 0.5) is 0 Å². The minimum Gasteiger partial charge on any atom is -0.323 e. The van der Waals surface area contributed by atoms with Gasteiger partial charge in [0.1, 0.15) is 0 Å². The van der Waals surface area contributed by atoms with Crippen LogP contribution >= 0.6 is 12.4 Å². The van der Waals surface area contributed by atoms with Crippen LogP contribution in [0.2, 0.25) is 0 Å². The number of hydrogen-bond acceptors (Lipinski definition) is 3. The van der Waals surface area contributed by atoms with Crippen molar-refractivity contribution < 1.29 is 0 Å². The molecule has 0 aromatic heterocycles. The molecule has 3 nitrogen and oxygen atoms in total. The fourth-order valence-corrected chi connectivity index (χ4v) is 0.954. The van der Waals surface area contributed by atoms with Crippen LogP contribution in [-0.4, -0.2) is 12.8 Å². The van der Waals surface area contributed by atoms with E-state index in [1.165, 1.54) is 5.70 Å². The number of hydrogen-bond donors (Lipinski definition) is 2. The van der Waals surface area contributed by atoms with E-state index in [4.69, 9.17) is 0 Å². The molecule has 0 aromatic rings. The van der Waals surface area contributed by atoms with Gasteiger partial charge in [0.25, 0.3) is 0 Å². The zero-order chi connectivity index (χ0) is 5.40. The molecule has 2 aliphatic heterocycles. The highest BCUT2D eigenvalue weighted by molar-refractivity contribution is 5.85. The maximum absolute atomic E-state index is 3.98. The molecule has 0 aromatic carbocycles. The van der Waals surface area contributed by atoms with E-state index in [1.54, 1.807) is 0 Å². The molecule has 0 amide bonds. The molecule has 1 unspecified atom stereocenters. The topological polar surface area (TPSA) is 36.4 Å². The lowest BCUT2D eigenvalue weighted by molar-refractivity contribution is 0.712. The molecule has 1 fully saturated rings. The zero-order valence-corrected chi connectivity index (χ0v) is 5.61. The highest BCUT2D eigenvalue weighted by atomic mass is 35.5. The number of nitrogens with zero attached hydrogens (tertiary/aromatic N) is 1. The molecule has 50 valence electrons. The van der Waals surface area contributed by atoms with Crippen molar-refractivity contribution >= 4 is 18.6 Å². The molecule has 0 spiro atoms. The number of fused-ring (bicyclic) bond motifs is 1. The second-order valence-electron chi connectivity index (χ2n) is 1.99. The van der Waals surface area contributed by atoms with Gasteiger partial charge in [0.2, 0.25) is 0 Å². The third-order valence-corrected chi connectivity index (χ3v) is 1.43. The van der Waals surface area contributed by atoms with E-state index in [2.05, 4.69) is 15.8 Å². The summed E-state index contributed by atoms with van der Waals surface area (Å²) in [5.41, 5.74) is 7.22. The normalized spacial score (nSPS) is 28.4. The van der Waals surface area contributed by atoms with Gasteiger partial charge in [-0.25, -0.2) is 5.43 Å². The van der Waals surface area contributed by atoms with Crippen LogP contribution in [0.5, 0.6) is 0 Å². The number of rotatable bonds is 0. The first kappa shape index (κ1) is 6.58. The second-order valence-corrected chi connectivity index (χ2v) is 1.99. The van der Waals surface area contributed by atoms with Gasteiger partial charge in [0.05, 0.1) is 11.6 Å². The van der Waals surface area contributed by atoms with Crippen molar-refractivity contribution in [2.24, 2.45) is 10.9 Å². The minimum atomic E-state index is 0. The van der Waals surface area contributed by atoms with Gasteiger partial charge >= 0.3 is 0 Å². The van der Waals surface area contributed by atoms with Gasteiger partial charge in [0, 0.05) is 19.0 Å². The first-order valence-corrected chi connectivity index (χ1v) is 2.69. The SMILES string of the molecule is C1=NC=C2NNCC12.Cl. The van der Waals surface area contributed by atoms with Crippen molar-refractivity contribution in [2.45, 2.75) is 0 Å². The van der Waals surface area contributed by atoms with Gasteiger partial charge in [-0.1, -0.05) is 0 Å². The average Bonchev–Trinajstić information content (AvgIpc) is 2.15. The van der Waals surface area contributed by atoms with Crippen LogP contribution in [0.25, 0.3) is 0 Å². The van der Waals surface area contributed by atoms with Crippen LogP contribution in [0.15, 0.2) is 16.9 Å². The van der Waals surface area contributed by atoms with Gasteiger partial charge in [-0.05, 0) is 0 Å². The van der Waals surface area contributed by atoms with Crippen molar-refractivity contribution in [2.75, 3.05) is 6.54 Å². The Hall–Kier alpha value is -0.540. The highest BCUT2D eigenvalue weighted by Crippen LogP contribution is 2.13. The molecule has 1 atom stereocenters. The Morgan fingerprint density at radius 3 is 3.33 bits per heavy atom. The maximum Gasteiger partial charge on any atom is 0.0542 e. The predicted molar refractivity (Wildman–Crippen MR) is 38.5 cm³/mol. The van der Waals surface area contributed by atoms with E-state index >= 15 is 0 Å². The summed E-state index contributed by atoms with van der Waals surface area (Å²) >= 11 is 0. The molecule has 1 saturated heterocycles. The lowest BCUT2D eigenvalue weighted by atomic mass is 10.1. The Kier molecular flexibility index (Phi) is 1.73. The molecule has 9 heavy (non-hydrogen) atoms. The minimum absolute atomic E-state index is 0. The number of halogens is 1. The van der Waals surface area contributed by atoms with Crippen molar-refractivity contribution in [1.29, 1.82) is 0 Å². The van der Waals surface area contributed by atoms with Crippen LogP contribution in [0.1, 0.15) is 0 Å². The fraction of sp³-hybridized carbons (Fsp3) is 0.400. The Labute approximate surface area is 59.6 Å². The maximum atomic E-state index is 3.98. The Balaban J connectivity index is 0.000000405. The van der Waals surface area contributed by atoms with Gasteiger partial charge in [-0.15, -0.1) is 12.4 Å². The number of aliphatic imine (C=N–C) groups is 1. The summed E-state index contributed by atoms with van der Waals surface area (Å²) in [6.07, 6.45) is 3.80. The lowest BCUT2D eigenvalue weighted by Crippen LogP contribution is -2.20. The van der Waals surface area contributed by atoms with Crippen molar-refractivity contribution in [3.05, 3.63) is 11.9 Å². The van der Waals surface area contributed by atoms with Crippen LogP contribution in [0.3, 0.4) is 0 Å². The standard InChI is InChI=1S/C5H7N3.ClH/c1-4-2-7-8-5(4)3-6-1;/h1,3-4,7-8H,2H2;1H. The number of hydrazine groups is 1. The number of nitrogens with one attached hydrogen (secondary N) is 2. The van der Waals surface area contributed by atoms with Crippen LogP contribution < -0.4 is 10.9 Å². The molecule has 0 saturated carbocycles. The predicted octanol–water partition coefficient (Wildman–Crippen LogP) is 0.0580. The molecular formula is C5H8ClN3. The third kappa shape index (κ3) is 0.930. The van der Waals surface area contributed by atoms with Gasteiger partial charge < -0.3 is 5.43 Å². The van der Waals surface area contributed by atoms with E-state index in [1.807, 2.05) is 12.4 Å². The van der Waals surface area contributed by atoms with Gasteiger partial charge in [0.15, 0.2) is 0 Å². The smallest absolute Gasteiger partial charge is 0.0542 e. The quantitative estimate of drug-likeness (QED) is 0.506. The van der Waals surface area contributed by atoms with Crippen LogP contribution in [0, 0.1) is 5.92 Å². The third-order valence-electron chi connectivity index (χ3n) is 1.43. The van der Waals surface area contributed by atoms with Gasteiger partial charge in [-0.2, -0.15) is 0 Å². The van der Waals surface area contributed by atoms with Crippen LogP contribution in [-0.2, 0) is 0 Å². The first-order chi connectivity index (χ1) is 3.97. The molecule has 0 radical (unpaired) electrons. The molecule has 0 aliphatic carbocycles. The zero-order valence-electron chi connectivity index (χ0n) is 4.79. The summed E-state index contributed by atoms with van der Waals surface area (Å²) in [6.45, 7) is 0.981. The summed E-state index contributed by atoms with van der Waals surface area (Å²) in [4.78, 5) is 3.98. The second kappa shape index (κ2) is 2.37. The summed E-state index contributed by atoms with van der Waals surface area (Å²) < 4.78 is 0. The van der Waals surface area contributed by atoms with Crippen molar-refractivity contribution in [1.82, 2.24) is 10.9 Å². The monoisotopic (exact) mass is 145 g/mol. The van der Waals surface area contributed by atoms with E-state index in [9.17, 15) is 0 Å². The van der Waals surface area contributed by atoms with Gasteiger partial charge in [-0.3, -0.25) is 4.99 Å². The van der Waals surface area contributed by atoms with E-state index < -0.39 is 0 Å². The lowest BCUT2D eigenvalue weighted by Gasteiger charge is -1.92. The first-order valence-electron chi connectivity index (χ1n) is 2.69. The summed E-state index contributed by atoms with van der Waals surface area (Å²) in [6, 6.07) is 0. The fourth-order valence-electron chi connectivity index (χ4n) is 0.954. The molecule has 2 aliphatic rings. The summed E-state index contributed by atoms with van der Waals surface area (Å²) in [5, 5.41) is 0. The average molecular weight is 146 g/mol. The Morgan fingerprint density at radius 2 is 2.56 bits per heavy atom. The molecule has 4 heteroatoms. The largest absolute Gasteiger partial charge is 0.323 e. The highest BCUT2D eigenvalue weighted by Gasteiger charge is 2.20. The van der Waals surface area contributed by atoms with E-state index in [0.29, 0.717) is 5.92 Å².